The summed E-state index contributed by atoms with van der Waals surface area (Å²) in [7, 11) is 5.55. The van der Waals surface area contributed by atoms with Gasteiger partial charge in [0, 0.05) is 42.3 Å². The predicted octanol–water partition coefficient (Wildman–Crippen LogP) is 4.67. The molecule has 2 aromatic carbocycles. The maximum Gasteiger partial charge on any atom is 0.250 e. The van der Waals surface area contributed by atoms with Crippen molar-refractivity contribution in [2.75, 3.05) is 19.1 Å². The molecule has 0 saturated heterocycles. The summed E-state index contributed by atoms with van der Waals surface area (Å²) in [5, 5.41) is 1.08. The van der Waals surface area contributed by atoms with E-state index in [1.807, 2.05) is 36.4 Å². The zero-order valence-electron chi connectivity index (χ0n) is 15.8. The molecule has 27 heavy (non-hydrogen) atoms. The van der Waals surface area contributed by atoms with Crippen LogP contribution in [0.2, 0.25) is 0 Å². The molecule has 140 valence electrons. The minimum absolute atomic E-state index is 0.00605. The maximum absolute atomic E-state index is 12.0. The van der Waals surface area contributed by atoms with Gasteiger partial charge in [0.2, 0.25) is 0 Å². The van der Waals surface area contributed by atoms with E-state index in [1.54, 1.807) is 24.8 Å². The third-order valence-corrected chi connectivity index (χ3v) is 5.59. The van der Waals surface area contributed by atoms with E-state index in [1.165, 1.54) is 5.56 Å². The Balaban J connectivity index is 2.07. The topological polar surface area (TPSA) is 34.5 Å². The number of methoxy groups -OCH3 is 1. The number of anilines is 1. The number of aryl methyl sites for hydroxylation is 1. The van der Waals surface area contributed by atoms with E-state index in [0.29, 0.717) is 0 Å². The quantitative estimate of drug-likeness (QED) is 0.536. The van der Waals surface area contributed by atoms with E-state index in [-0.39, 0.29) is 5.56 Å². The van der Waals surface area contributed by atoms with Crippen LogP contribution in [0.3, 0.4) is 0 Å². The van der Waals surface area contributed by atoms with Gasteiger partial charge in [-0.05, 0) is 53.9 Å². The van der Waals surface area contributed by atoms with Crippen LogP contribution >= 0.6 is 15.9 Å². The summed E-state index contributed by atoms with van der Waals surface area (Å²) in [5.74, 6) is 0.835. The van der Waals surface area contributed by atoms with Crippen molar-refractivity contribution in [3.05, 3.63) is 81.1 Å². The number of halogens is 1. The Morgan fingerprint density at radius 1 is 1.22 bits per heavy atom. The molecule has 0 amide bonds. The lowest BCUT2D eigenvalue weighted by atomic mass is 10.0. The molecule has 0 radical (unpaired) electrons. The number of pyridine rings is 1. The summed E-state index contributed by atoms with van der Waals surface area (Å²) < 4.78 is 8.09. The lowest BCUT2D eigenvalue weighted by Crippen LogP contribution is -2.20. The van der Waals surface area contributed by atoms with Crippen molar-refractivity contribution in [2.24, 2.45) is 7.05 Å². The van der Waals surface area contributed by atoms with Gasteiger partial charge in [-0.15, -0.1) is 6.58 Å². The summed E-state index contributed by atoms with van der Waals surface area (Å²) in [6.45, 7) is 4.63. The van der Waals surface area contributed by atoms with Gasteiger partial charge in [0.05, 0.1) is 12.6 Å². The highest BCUT2D eigenvalue weighted by Crippen LogP contribution is 2.31. The fourth-order valence-corrected chi connectivity index (χ4v) is 3.73. The molecule has 0 aliphatic heterocycles. The Kier molecular flexibility index (Phi) is 5.71. The number of nitrogens with zero attached hydrogens (tertiary/aromatic N) is 2. The van der Waals surface area contributed by atoms with Gasteiger partial charge < -0.3 is 14.2 Å². The summed E-state index contributed by atoms with van der Waals surface area (Å²) >= 11 is 3.63. The number of aromatic nitrogens is 1. The molecule has 3 rings (SSSR count). The van der Waals surface area contributed by atoms with Crippen LogP contribution in [0.5, 0.6) is 5.75 Å². The largest absolute Gasteiger partial charge is 0.497 e. The van der Waals surface area contributed by atoms with Crippen LogP contribution in [-0.4, -0.2) is 18.7 Å². The van der Waals surface area contributed by atoms with E-state index in [4.69, 9.17) is 4.74 Å². The lowest BCUT2D eigenvalue weighted by molar-refractivity contribution is 0.414. The molecule has 0 N–H and O–H groups in total. The van der Waals surface area contributed by atoms with Gasteiger partial charge in [-0.2, -0.15) is 0 Å². The molecule has 0 bridgehead atoms. The molecule has 0 fully saturated rings. The number of hydrogen-bond donors (Lipinski definition) is 0. The van der Waals surface area contributed by atoms with Crippen LogP contribution in [0.15, 0.2) is 64.4 Å². The molecule has 0 atom stereocenters. The van der Waals surface area contributed by atoms with Gasteiger partial charge >= 0.3 is 0 Å². The highest BCUT2D eigenvalue weighted by Gasteiger charge is 2.14. The third-order valence-electron chi connectivity index (χ3n) is 4.81. The fourth-order valence-electron chi connectivity index (χ4n) is 3.36. The van der Waals surface area contributed by atoms with Crippen LogP contribution in [0.4, 0.5) is 5.69 Å². The molecule has 1 heterocycles. The highest BCUT2D eigenvalue weighted by molar-refractivity contribution is 9.10. The average Bonchev–Trinajstić information content (AvgIpc) is 2.66. The Hall–Kier alpha value is -2.53. The standard InChI is InChI=1S/C22H23BrN2O2/c1-5-6-17-18-8-12-22(26)25(3)21(18)11-10-20(17)24(2)14-15-13-16(27-4)7-9-19(15)23/h5,7-13H,1,6,14H2,2-4H3. The van der Waals surface area contributed by atoms with E-state index in [9.17, 15) is 4.79 Å². The van der Waals surface area contributed by atoms with Crippen molar-refractivity contribution in [1.82, 2.24) is 4.57 Å². The van der Waals surface area contributed by atoms with Gasteiger partial charge in [0.1, 0.15) is 5.75 Å². The lowest BCUT2D eigenvalue weighted by Gasteiger charge is -2.24. The highest BCUT2D eigenvalue weighted by atomic mass is 79.9. The first-order valence-electron chi connectivity index (χ1n) is 8.72. The SMILES string of the molecule is C=CCc1c(N(C)Cc2cc(OC)ccc2Br)ccc2c1ccc(=O)n2C. The first-order valence-corrected chi connectivity index (χ1v) is 9.51. The molecule has 0 aliphatic rings. The number of allylic oxidation sites excluding steroid dienone is 1. The Labute approximate surface area is 167 Å². The molecule has 4 nitrogen and oxygen atoms in total. The number of benzene rings is 2. The Morgan fingerprint density at radius 3 is 2.70 bits per heavy atom. The molecule has 1 aromatic heterocycles. The first kappa shape index (κ1) is 19.2. The normalized spacial score (nSPS) is 10.8. The van der Waals surface area contributed by atoms with Gasteiger partial charge in [-0.1, -0.05) is 22.0 Å². The van der Waals surface area contributed by atoms with Crippen molar-refractivity contribution >= 4 is 32.5 Å². The van der Waals surface area contributed by atoms with E-state index >= 15 is 0 Å². The van der Waals surface area contributed by atoms with Crippen LogP contribution in [-0.2, 0) is 20.0 Å². The van der Waals surface area contributed by atoms with Crippen molar-refractivity contribution in [1.29, 1.82) is 0 Å². The minimum atomic E-state index is -0.00605. The Morgan fingerprint density at radius 2 is 2.00 bits per heavy atom. The van der Waals surface area contributed by atoms with Gasteiger partial charge in [0.25, 0.3) is 5.56 Å². The summed E-state index contributed by atoms with van der Waals surface area (Å²) in [6.07, 6.45) is 2.63. The van der Waals surface area contributed by atoms with E-state index in [0.717, 1.165) is 45.3 Å². The smallest absolute Gasteiger partial charge is 0.250 e. The molecular weight excluding hydrogens is 404 g/mol. The molecule has 5 heteroatoms. The monoisotopic (exact) mass is 426 g/mol. The van der Waals surface area contributed by atoms with Gasteiger partial charge in [0.15, 0.2) is 0 Å². The zero-order chi connectivity index (χ0) is 19.6. The van der Waals surface area contributed by atoms with Crippen molar-refractivity contribution in [3.8, 4) is 5.75 Å². The predicted molar refractivity (Wildman–Crippen MR) is 116 cm³/mol. The van der Waals surface area contributed by atoms with Crippen LogP contribution < -0.4 is 15.2 Å². The van der Waals surface area contributed by atoms with E-state index < -0.39 is 0 Å². The molecule has 3 aromatic rings. The maximum atomic E-state index is 12.0. The first-order chi connectivity index (χ1) is 13.0. The van der Waals surface area contributed by atoms with Crippen LogP contribution in [0.1, 0.15) is 11.1 Å². The second kappa shape index (κ2) is 8.01. The second-order valence-electron chi connectivity index (χ2n) is 6.53. The zero-order valence-corrected chi connectivity index (χ0v) is 17.4. The number of hydrogen-bond acceptors (Lipinski definition) is 3. The summed E-state index contributed by atoms with van der Waals surface area (Å²) in [4.78, 5) is 14.2. The molecule has 0 aliphatic carbocycles. The fraction of sp³-hybridized carbons (Fsp3) is 0.227. The van der Waals surface area contributed by atoms with E-state index in [2.05, 4.69) is 40.5 Å². The second-order valence-corrected chi connectivity index (χ2v) is 7.39. The summed E-state index contributed by atoms with van der Waals surface area (Å²) in [6, 6.07) is 13.6. The molecule has 0 saturated carbocycles. The van der Waals surface area contributed by atoms with Gasteiger partial charge in [-0.25, -0.2) is 0 Å². The molecule has 0 spiro atoms. The number of rotatable bonds is 6. The van der Waals surface area contributed by atoms with Crippen molar-refractivity contribution < 1.29 is 4.74 Å². The number of fused-ring (bicyclic) bond motifs is 1. The van der Waals surface area contributed by atoms with Gasteiger partial charge in [-0.3, -0.25) is 4.79 Å². The third kappa shape index (κ3) is 3.78. The van der Waals surface area contributed by atoms with Crippen molar-refractivity contribution in [3.63, 3.8) is 0 Å². The Bertz CT molecular complexity index is 1060. The van der Waals surface area contributed by atoms with Crippen molar-refractivity contribution in [2.45, 2.75) is 13.0 Å². The summed E-state index contributed by atoms with van der Waals surface area (Å²) in [5.41, 5.74) is 4.35. The van der Waals surface area contributed by atoms with Crippen LogP contribution in [0, 0.1) is 0 Å². The minimum Gasteiger partial charge on any atom is -0.497 e. The average molecular weight is 427 g/mol. The van der Waals surface area contributed by atoms with Crippen LogP contribution in [0.25, 0.3) is 10.9 Å². The molecular formula is C22H23BrN2O2. The molecule has 0 unspecified atom stereocenters. The number of ether oxygens (including phenoxy) is 1.